The molecule has 1 saturated heterocycles. The summed E-state index contributed by atoms with van der Waals surface area (Å²) in [7, 11) is 0. The molecule has 2 aliphatic rings. The van der Waals surface area contributed by atoms with E-state index in [-0.39, 0.29) is 46.9 Å². The van der Waals surface area contributed by atoms with Gasteiger partial charge in [0.2, 0.25) is 0 Å². The lowest BCUT2D eigenvalue weighted by Gasteiger charge is -2.32. The van der Waals surface area contributed by atoms with Gasteiger partial charge in [0.05, 0.1) is 46.0 Å². The molecule has 2 unspecified atom stereocenters. The minimum absolute atomic E-state index is 0.00281. The molecule has 0 spiro atoms. The largest absolute Gasteiger partial charge is 0.365 e. The van der Waals surface area contributed by atoms with Crippen molar-refractivity contribution in [3.8, 4) is 6.07 Å². The first-order valence-corrected chi connectivity index (χ1v) is 13.8. The molecule has 1 saturated carbocycles. The number of urea groups is 1. The van der Waals surface area contributed by atoms with Crippen LogP contribution in [0.1, 0.15) is 31.9 Å². The van der Waals surface area contributed by atoms with E-state index >= 15 is 4.39 Å². The fraction of sp³-hybridized carbons (Fsp3) is 0.393. The van der Waals surface area contributed by atoms with Gasteiger partial charge < -0.3 is 20.3 Å². The third-order valence-corrected chi connectivity index (χ3v) is 7.77. The van der Waals surface area contributed by atoms with E-state index in [0.29, 0.717) is 4.57 Å². The zero-order valence-electron chi connectivity index (χ0n) is 23.3. The van der Waals surface area contributed by atoms with Crippen LogP contribution in [-0.4, -0.2) is 57.7 Å². The number of aromatic nitrogens is 2. The topological polar surface area (TPSA) is 138 Å². The first kappa shape index (κ1) is 31.0. The van der Waals surface area contributed by atoms with Gasteiger partial charge in [-0.2, -0.15) is 5.26 Å². The van der Waals surface area contributed by atoms with Crippen molar-refractivity contribution in [1.29, 1.82) is 5.26 Å². The van der Waals surface area contributed by atoms with Crippen LogP contribution in [0.25, 0.3) is 10.9 Å². The van der Waals surface area contributed by atoms with Crippen molar-refractivity contribution in [2.45, 2.75) is 44.9 Å². The third-order valence-electron chi connectivity index (χ3n) is 7.46. The summed E-state index contributed by atoms with van der Waals surface area (Å²) in [6, 6.07) is 4.17. The molecule has 11 nitrogen and oxygen atoms in total. The third kappa shape index (κ3) is 5.87. The van der Waals surface area contributed by atoms with Gasteiger partial charge in [0.1, 0.15) is 17.7 Å². The lowest BCUT2D eigenvalue weighted by atomic mass is 10.1. The van der Waals surface area contributed by atoms with E-state index < -0.39 is 77.5 Å². The molecule has 5 rings (SSSR count). The van der Waals surface area contributed by atoms with Crippen LogP contribution in [-0.2, 0) is 16.1 Å². The highest BCUT2D eigenvalue weighted by molar-refractivity contribution is 6.32. The second kappa shape index (κ2) is 11.6. The van der Waals surface area contributed by atoms with Crippen LogP contribution >= 0.6 is 11.6 Å². The maximum atomic E-state index is 15.2. The minimum Gasteiger partial charge on any atom is -0.365 e. The number of hydrogen-bond donors (Lipinski definition) is 2. The summed E-state index contributed by atoms with van der Waals surface area (Å²) in [6.45, 7) is 2.31. The van der Waals surface area contributed by atoms with Gasteiger partial charge in [-0.15, -0.1) is 0 Å². The average molecular weight is 637 g/mol. The number of halogens is 5. The predicted octanol–water partition coefficient (Wildman–Crippen LogP) is 4.07. The summed E-state index contributed by atoms with van der Waals surface area (Å²) >= 11 is 5.92. The lowest BCUT2D eigenvalue weighted by Crippen LogP contribution is -2.51. The van der Waals surface area contributed by atoms with Gasteiger partial charge in [0, 0.05) is 37.5 Å². The number of amides is 3. The van der Waals surface area contributed by atoms with Gasteiger partial charge in [-0.1, -0.05) is 11.6 Å². The Morgan fingerprint density at radius 2 is 1.80 bits per heavy atom. The Hall–Kier alpha value is -4.42. The number of rotatable bonds is 6. The highest BCUT2D eigenvalue weighted by Crippen LogP contribution is 2.49. The Morgan fingerprint density at radius 1 is 1.14 bits per heavy atom. The van der Waals surface area contributed by atoms with Crippen LogP contribution < -0.4 is 21.9 Å². The molecule has 2 N–H and O–H groups in total. The molecule has 1 aliphatic carbocycles. The first-order chi connectivity index (χ1) is 20.7. The number of alkyl halides is 2. The molecule has 2 aromatic carbocycles. The number of carbonyl (C=O) groups excluding carboxylic acids is 2. The number of fused-ring (bicyclic) bond motifs is 1. The monoisotopic (exact) mass is 636 g/mol. The number of anilines is 2. The van der Waals surface area contributed by atoms with Crippen molar-refractivity contribution in [1.82, 2.24) is 14.0 Å². The van der Waals surface area contributed by atoms with Gasteiger partial charge in [-0.05, 0) is 32.0 Å². The molecule has 232 valence electrons. The number of carbonyl (C=O) groups is 2. The van der Waals surface area contributed by atoms with Crippen LogP contribution in [0.4, 0.5) is 33.7 Å². The molecular weight excluding hydrogens is 612 g/mol. The molecule has 0 radical (unpaired) electrons. The second-order valence-electron chi connectivity index (χ2n) is 10.8. The molecule has 3 aromatic rings. The molecule has 44 heavy (non-hydrogen) atoms. The number of nitrogens with one attached hydrogen (secondary N) is 2. The zero-order chi connectivity index (χ0) is 32.1. The van der Waals surface area contributed by atoms with Gasteiger partial charge in [-0.25, -0.2) is 27.2 Å². The minimum atomic E-state index is -2.98. The highest BCUT2D eigenvalue weighted by Gasteiger charge is 2.57. The van der Waals surface area contributed by atoms with Crippen LogP contribution in [0.2, 0.25) is 5.02 Å². The fourth-order valence-electron chi connectivity index (χ4n) is 4.97. The summed E-state index contributed by atoms with van der Waals surface area (Å²) in [4.78, 5) is 53.3. The molecule has 2 fully saturated rings. The molecule has 2 heterocycles. The number of benzene rings is 2. The van der Waals surface area contributed by atoms with Gasteiger partial charge >= 0.3 is 11.7 Å². The van der Waals surface area contributed by atoms with Crippen LogP contribution in [0.3, 0.4) is 0 Å². The van der Waals surface area contributed by atoms with Crippen LogP contribution in [0, 0.1) is 28.9 Å². The number of morpholine rings is 1. The SMILES string of the molecule is CC(C)n1c(=O)n(CC2CC2(F)F)c(=O)c2cc(NC(=O)N3CCOC(C(=O)Nc4cc(Cl)c(C#N)cc4F)C3)c(F)cc21. The van der Waals surface area contributed by atoms with Crippen molar-refractivity contribution >= 4 is 45.8 Å². The number of nitrogens with zero attached hydrogens (tertiary/aromatic N) is 4. The highest BCUT2D eigenvalue weighted by atomic mass is 35.5. The van der Waals surface area contributed by atoms with E-state index in [1.165, 1.54) is 0 Å². The Kier molecular flexibility index (Phi) is 8.17. The van der Waals surface area contributed by atoms with Crippen LogP contribution in [0.15, 0.2) is 33.9 Å². The van der Waals surface area contributed by atoms with Gasteiger partial charge in [-0.3, -0.25) is 18.7 Å². The number of hydrogen-bond acceptors (Lipinski definition) is 6. The molecule has 16 heteroatoms. The summed E-state index contributed by atoms with van der Waals surface area (Å²) in [5.74, 6) is -6.86. The lowest BCUT2D eigenvalue weighted by molar-refractivity contribution is -0.131. The molecule has 1 aromatic heterocycles. The van der Waals surface area contributed by atoms with E-state index in [1.807, 2.05) is 0 Å². The maximum Gasteiger partial charge on any atom is 0.331 e. The maximum absolute atomic E-state index is 15.2. The van der Waals surface area contributed by atoms with Gasteiger partial charge in [0.25, 0.3) is 17.4 Å². The Morgan fingerprint density at radius 3 is 2.43 bits per heavy atom. The van der Waals surface area contributed by atoms with E-state index in [1.54, 1.807) is 19.9 Å². The normalized spacial score (nSPS) is 19.1. The first-order valence-electron chi connectivity index (χ1n) is 13.5. The van der Waals surface area contributed by atoms with E-state index in [0.717, 1.165) is 33.7 Å². The van der Waals surface area contributed by atoms with Crippen molar-refractivity contribution in [2.75, 3.05) is 30.3 Å². The zero-order valence-corrected chi connectivity index (χ0v) is 24.1. The number of nitriles is 1. The number of ether oxygens (including phenoxy) is 1. The summed E-state index contributed by atoms with van der Waals surface area (Å²) in [6.07, 6.45) is -1.71. The van der Waals surface area contributed by atoms with E-state index in [2.05, 4.69) is 10.6 Å². The van der Waals surface area contributed by atoms with Gasteiger partial charge in [0.15, 0.2) is 6.10 Å². The van der Waals surface area contributed by atoms with Crippen molar-refractivity contribution in [3.05, 3.63) is 67.3 Å². The fourth-order valence-corrected chi connectivity index (χ4v) is 5.18. The molecule has 2 atom stereocenters. The standard InChI is InChI=1S/C28H25ClF4N6O5/c1-13(2)39-22-8-19(31)20(6-16(22)25(41)38(27(39)43)11-15-9-28(15,32)33)36-26(42)37-3-4-44-23(12-37)24(40)35-21-7-17(29)14(10-34)5-18(21)30/h5-8,13,15,23H,3-4,9,11-12H2,1-2H3,(H,35,40)(H,36,42). The summed E-state index contributed by atoms with van der Waals surface area (Å²) in [5.41, 5.74) is -2.68. The molecular formula is C28H25ClF4N6O5. The van der Waals surface area contributed by atoms with Crippen LogP contribution in [0.5, 0.6) is 0 Å². The summed E-state index contributed by atoms with van der Waals surface area (Å²) in [5, 5.41) is 13.4. The van der Waals surface area contributed by atoms with Crippen molar-refractivity contribution < 1.29 is 31.9 Å². The van der Waals surface area contributed by atoms with Crippen molar-refractivity contribution in [3.63, 3.8) is 0 Å². The van der Waals surface area contributed by atoms with E-state index in [4.69, 9.17) is 21.6 Å². The van der Waals surface area contributed by atoms with E-state index in [9.17, 15) is 32.3 Å². The Labute approximate surface area is 251 Å². The molecule has 0 bridgehead atoms. The molecule has 3 amide bonds. The quantitative estimate of drug-likeness (QED) is 0.391. The average Bonchev–Trinajstić information content (AvgIpc) is 3.58. The predicted molar refractivity (Wildman–Crippen MR) is 151 cm³/mol. The second-order valence-corrected chi connectivity index (χ2v) is 11.2. The Balaban J connectivity index is 1.37. The smallest absolute Gasteiger partial charge is 0.331 e. The Bertz CT molecular complexity index is 1850. The van der Waals surface area contributed by atoms with Crippen molar-refractivity contribution in [2.24, 2.45) is 5.92 Å². The molecule has 1 aliphatic heterocycles. The summed E-state index contributed by atoms with van der Waals surface area (Å²) < 4.78 is 64.0.